The van der Waals surface area contributed by atoms with Gasteiger partial charge < -0.3 is 19.2 Å². The Bertz CT molecular complexity index is 1420. The molecular formula is C27H28FNO6S. The molecule has 0 bridgehead atoms. The van der Waals surface area contributed by atoms with E-state index in [4.69, 9.17) is 9.15 Å². The number of hydrogen-bond acceptors (Lipinski definition) is 6. The number of carboxylic acid groups (broad SMARTS) is 1. The third kappa shape index (κ3) is 4.94. The number of ether oxygens (including phenoxy) is 1. The monoisotopic (exact) mass is 513 g/mol. The van der Waals surface area contributed by atoms with Crippen molar-refractivity contribution >= 4 is 21.9 Å². The maximum atomic E-state index is 14.0. The highest BCUT2D eigenvalue weighted by Gasteiger charge is 2.32. The lowest BCUT2D eigenvalue weighted by Gasteiger charge is -2.25. The third-order valence-electron chi connectivity index (χ3n) is 6.31. The number of rotatable bonds is 9. The van der Waals surface area contributed by atoms with Gasteiger partial charge in [-0.15, -0.1) is 0 Å². The molecule has 0 spiro atoms. The van der Waals surface area contributed by atoms with E-state index in [2.05, 4.69) is 4.90 Å². The van der Waals surface area contributed by atoms with Gasteiger partial charge >= 0.3 is 5.97 Å². The van der Waals surface area contributed by atoms with E-state index in [1.54, 1.807) is 31.2 Å². The van der Waals surface area contributed by atoms with Crippen LogP contribution in [0.5, 0.6) is 5.75 Å². The lowest BCUT2D eigenvalue weighted by molar-refractivity contribution is 0.0687. The van der Waals surface area contributed by atoms with Crippen LogP contribution in [-0.2, 0) is 15.6 Å². The molecule has 1 unspecified atom stereocenters. The highest BCUT2D eigenvalue weighted by Crippen LogP contribution is 2.46. The summed E-state index contributed by atoms with van der Waals surface area (Å²) in [4.78, 5) is 14.3. The number of aromatic carboxylic acids is 1. The van der Waals surface area contributed by atoms with Crippen molar-refractivity contribution in [3.63, 3.8) is 0 Å². The number of furan rings is 1. The number of nitrogens with zero attached hydrogens (tertiary/aromatic N) is 1. The second-order valence-electron chi connectivity index (χ2n) is 8.57. The van der Waals surface area contributed by atoms with Crippen molar-refractivity contribution in [1.82, 2.24) is 4.90 Å². The van der Waals surface area contributed by atoms with Gasteiger partial charge in [-0.1, -0.05) is 38.1 Å². The number of fused-ring (bicyclic) bond motifs is 3. The molecule has 0 saturated carbocycles. The minimum Gasteiger partial charge on any atom is -0.481 e. The van der Waals surface area contributed by atoms with Crippen molar-refractivity contribution < 1.29 is 31.9 Å². The molecule has 1 N–H and O–H groups in total. The molecule has 0 fully saturated rings. The van der Waals surface area contributed by atoms with E-state index in [1.165, 1.54) is 24.5 Å². The summed E-state index contributed by atoms with van der Waals surface area (Å²) in [6.45, 7) is 8.01. The molecule has 9 heteroatoms. The molecule has 1 aromatic heterocycles. The van der Waals surface area contributed by atoms with Crippen molar-refractivity contribution in [2.45, 2.75) is 37.5 Å². The van der Waals surface area contributed by atoms with Crippen LogP contribution >= 0.6 is 0 Å². The van der Waals surface area contributed by atoms with Gasteiger partial charge in [-0.3, -0.25) is 0 Å². The summed E-state index contributed by atoms with van der Waals surface area (Å²) in [7, 11) is -4.04. The molecule has 7 nitrogen and oxygen atoms in total. The Morgan fingerprint density at radius 3 is 2.58 bits per heavy atom. The van der Waals surface area contributed by atoms with Gasteiger partial charge in [0.05, 0.1) is 16.9 Å². The number of carbonyl (C=O) groups is 1. The molecule has 1 atom stereocenters. The number of carboxylic acids is 1. The Morgan fingerprint density at radius 1 is 1.14 bits per heavy atom. The van der Waals surface area contributed by atoms with Crippen molar-refractivity contribution in [2.75, 3.05) is 19.6 Å². The van der Waals surface area contributed by atoms with Crippen LogP contribution in [-0.4, -0.2) is 44.0 Å². The summed E-state index contributed by atoms with van der Waals surface area (Å²) in [6.07, 6.45) is 4.35. The normalized spacial score (nSPS) is 15.1. The van der Waals surface area contributed by atoms with Crippen LogP contribution in [0.2, 0.25) is 0 Å². The van der Waals surface area contributed by atoms with Crippen molar-refractivity contribution in [3.8, 4) is 16.9 Å². The second-order valence-corrected chi connectivity index (χ2v) is 10.5. The van der Waals surface area contributed by atoms with Crippen LogP contribution in [0.1, 0.15) is 54.1 Å². The van der Waals surface area contributed by atoms with Crippen molar-refractivity contribution in [3.05, 3.63) is 77.0 Å². The smallest absolute Gasteiger partial charge is 0.339 e. The molecule has 0 amide bonds. The van der Waals surface area contributed by atoms with E-state index in [0.29, 0.717) is 23.4 Å². The average molecular weight is 514 g/mol. The van der Waals surface area contributed by atoms with Gasteiger partial charge in [-0.05, 0) is 55.4 Å². The Kier molecular flexibility index (Phi) is 7.33. The van der Waals surface area contributed by atoms with Gasteiger partial charge in [-0.2, -0.15) is 0 Å². The van der Waals surface area contributed by atoms with E-state index in [0.717, 1.165) is 19.2 Å². The average Bonchev–Trinajstić information content (AvgIpc) is 3.32. The maximum absolute atomic E-state index is 14.0. The topological polar surface area (TPSA) is 97.1 Å². The highest BCUT2D eigenvalue weighted by molar-refractivity contribution is 7.90. The third-order valence-corrected chi connectivity index (χ3v) is 8.05. The number of sulfone groups is 1. The zero-order valence-electron chi connectivity index (χ0n) is 20.3. The standard InChI is InChI=1S/C27H28FNO6S/c1-4-29(5-2)13-6-7-18-15-20(28)9-11-23(18)36(32,33)16-19-8-10-21-22-12-14-34-25(22)17(3)35-26(21)24(19)27(30)31/h6-12,14-15,17H,4-5,13,16H2,1-3H3,(H,30,31). The van der Waals surface area contributed by atoms with Gasteiger partial charge in [0.25, 0.3) is 0 Å². The van der Waals surface area contributed by atoms with Crippen molar-refractivity contribution in [1.29, 1.82) is 0 Å². The van der Waals surface area contributed by atoms with Gasteiger partial charge in [0, 0.05) is 17.7 Å². The largest absolute Gasteiger partial charge is 0.481 e. The highest BCUT2D eigenvalue weighted by atomic mass is 32.2. The molecule has 2 aromatic carbocycles. The first-order valence-electron chi connectivity index (χ1n) is 11.7. The Labute approximate surface area is 209 Å². The number of likely N-dealkylation sites (N-methyl/N-ethyl adjacent to an activating group) is 1. The lowest BCUT2D eigenvalue weighted by Crippen LogP contribution is -2.22. The van der Waals surface area contributed by atoms with E-state index >= 15 is 0 Å². The van der Waals surface area contributed by atoms with Crippen LogP contribution in [0.15, 0.2) is 58.1 Å². The van der Waals surface area contributed by atoms with Crippen LogP contribution < -0.4 is 4.74 Å². The predicted octanol–water partition coefficient (Wildman–Crippen LogP) is 5.57. The summed E-state index contributed by atoms with van der Waals surface area (Å²) < 4.78 is 52.4. The fourth-order valence-electron chi connectivity index (χ4n) is 4.43. The first kappa shape index (κ1) is 25.7. The van der Waals surface area contributed by atoms with Crippen LogP contribution in [0.4, 0.5) is 4.39 Å². The molecule has 0 saturated heterocycles. The molecule has 1 aliphatic rings. The number of benzene rings is 2. The van der Waals surface area contributed by atoms with E-state index in [-0.39, 0.29) is 27.3 Å². The summed E-state index contributed by atoms with van der Waals surface area (Å²) in [5.74, 6) is -1.76. The van der Waals surface area contributed by atoms with Gasteiger partial charge in [0.15, 0.2) is 21.7 Å². The van der Waals surface area contributed by atoms with E-state index in [1.807, 2.05) is 13.8 Å². The minimum absolute atomic E-state index is 0.0693. The second kappa shape index (κ2) is 10.3. The maximum Gasteiger partial charge on any atom is 0.339 e. The summed E-state index contributed by atoms with van der Waals surface area (Å²) in [5.41, 5.74) is 1.32. The Morgan fingerprint density at radius 2 is 1.89 bits per heavy atom. The first-order valence-corrected chi connectivity index (χ1v) is 13.4. The van der Waals surface area contributed by atoms with E-state index in [9.17, 15) is 22.7 Å². The zero-order chi connectivity index (χ0) is 26.0. The molecule has 2 heterocycles. The summed E-state index contributed by atoms with van der Waals surface area (Å²) >= 11 is 0. The molecule has 4 rings (SSSR count). The number of halogens is 1. The molecule has 3 aromatic rings. The Balaban J connectivity index is 1.73. The molecule has 190 valence electrons. The predicted molar refractivity (Wildman–Crippen MR) is 134 cm³/mol. The van der Waals surface area contributed by atoms with Crippen LogP contribution in [0, 0.1) is 5.82 Å². The first-order chi connectivity index (χ1) is 17.2. The molecule has 1 aliphatic heterocycles. The van der Waals surface area contributed by atoms with Gasteiger partial charge in [0.2, 0.25) is 0 Å². The van der Waals surface area contributed by atoms with Crippen LogP contribution in [0.25, 0.3) is 17.2 Å². The van der Waals surface area contributed by atoms with Gasteiger partial charge in [-0.25, -0.2) is 17.6 Å². The Hall–Kier alpha value is -3.43. The zero-order valence-corrected chi connectivity index (χ0v) is 21.1. The molecular weight excluding hydrogens is 485 g/mol. The summed E-state index contributed by atoms with van der Waals surface area (Å²) in [6, 6.07) is 8.33. The SMILES string of the molecule is CCN(CC)CC=Cc1cc(F)ccc1S(=O)(=O)Cc1ccc2c(c1C(=O)O)OC(C)c1occc1-2. The minimum atomic E-state index is -4.04. The molecule has 0 aliphatic carbocycles. The number of hydrogen-bond donors (Lipinski definition) is 1. The van der Waals surface area contributed by atoms with Crippen LogP contribution in [0.3, 0.4) is 0 Å². The van der Waals surface area contributed by atoms with Crippen molar-refractivity contribution in [2.24, 2.45) is 0 Å². The van der Waals surface area contributed by atoms with Gasteiger partial charge in [0.1, 0.15) is 17.1 Å². The fraction of sp³-hybridized carbons (Fsp3) is 0.296. The molecule has 0 radical (unpaired) electrons. The fourth-order valence-corrected chi connectivity index (χ4v) is 5.99. The molecule has 36 heavy (non-hydrogen) atoms. The lowest BCUT2D eigenvalue weighted by atomic mass is 9.95. The summed E-state index contributed by atoms with van der Waals surface area (Å²) in [5, 5.41) is 10.0. The quantitative estimate of drug-likeness (QED) is 0.374. The van der Waals surface area contributed by atoms with E-state index < -0.39 is 33.5 Å².